The summed E-state index contributed by atoms with van der Waals surface area (Å²) in [7, 11) is -2.76. The van der Waals surface area contributed by atoms with E-state index in [1.807, 2.05) is 18.3 Å². The molecule has 1 aliphatic heterocycles. The van der Waals surface area contributed by atoms with Gasteiger partial charge in [0.1, 0.15) is 0 Å². The number of hydrogen-bond donors (Lipinski definition) is 2. The first kappa shape index (κ1) is 9.73. The Balaban J connectivity index is 1.83. The molecule has 14 heavy (non-hydrogen) atoms. The van der Waals surface area contributed by atoms with Crippen LogP contribution in [0.1, 0.15) is 12.1 Å². The van der Waals surface area contributed by atoms with Crippen molar-refractivity contribution < 1.29 is 8.42 Å². The summed E-state index contributed by atoms with van der Waals surface area (Å²) in [5.74, 6) is 0.614. The lowest BCUT2D eigenvalue weighted by Crippen LogP contribution is -2.29. The van der Waals surface area contributed by atoms with Gasteiger partial charge in [-0.15, -0.1) is 0 Å². The standard InChI is InChI=1S/C9H14N2O2S/c12-14(13)5-3-9(7-14)11-6-8-2-1-4-10-8/h1-2,4,9-11H,3,5-7H2. The minimum absolute atomic E-state index is 0.128. The van der Waals surface area contributed by atoms with E-state index in [2.05, 4.69) is 10.3 Å². The predicted octanol–water partition coefficient (Wildman–Crippen LogP) is 0.291. The molecule has 1 fully saturated rings. The Hall–Kier alpha value is -0.810. The average molecular weight is 214 g/mol. The smallest absolute Gasteiger partial charge is 0.151 e. The van der Waals surface area contributed by atoms with Crippen molar-refractivity contribution in [1.82, 2.24) is 10.3 Å². The predicted molar refractivity (Wildman–Crippen MR) is 54.7 cm³/mol. The van der Waals surface area contributed by atoms with Gasteiger partial charge in [-0.2, -0.15) is 0 Å². The fourth-order valence-electron chi connectivity index (χ4n) is 1.69. The highest BCUT2D eigenvalue weighted by molar-refractivity contribution is 7.91. The molecule has 0 aliphatic carbocycles. The van der Waals surface area contributed by atoms with Gasteiger partial charge in [-0.05, 0) is 18.6 Å². The van der Waals surface area contributed by atoms with E-state index in [1.165, 1.54) is 0 Å². The molecule has 1 aromatic heterocycles. The molecule has 2 rings (SSSR count). The van der Waals surface area contributed by atoms with Crippen molar-refractivity contribution in [2.45, 2.75) is 19.0 Å². The van der Waals surface area contributed by atoms with Crippen LogP contribution >= 0.6 is 0 Å². The second-order valence-electron chi connectivity index (χ2n) is 3.68. The van der Waals surface area contributed by atoms with Gasteiger partial charge in [0.25, 0.3) is 0 Å². The van der Waals surface area contributed by atoms with Crippen LogP contribution in [0.3, 0.4) is 0 Å². The summed E-state index contributed by atoms with van der Waals surface area (Å²) in [6.07, 6.45) is 2.60. The zero-order valence-electron chi connectivity index (χ0n) is 7.86. The minimum Gasteiger partial charge on any atom is -0.364 e. The normalized spacial score (nSPS) is 25.3. The van der Waals surface area contributed by atoms with Gasteiger partial charge < -0.3 is 10.3 Å². The zero-order chi connectivity index (χ0) is 10.0. The van der Waals surface area contributed by atoms with Gasteiger partial charge in [0.05, 0.1) is 11.5 Å². The number of hydrogen-bond acceptors (Lipinski definition) is 3. The molecule has 1 saturated heterocycles. The molecule has 2 N–H and O–H groups in total. The van der Waals surface area contributed by atoms with Gasteiger partial charge in [-0.3, -0.25) is 0 Å². The van der Waals surface area contributed by atoms with Crippen molar-refractivity contribution in [2.75, 3.05) is 11.5 Å². The van der Waals surface area contributed by atoms with Crippen LogP contribution in [0, 0.1) is 0 Å². The Morgan fingerprint density at radius 1 is 1.57 bits per heavy atom. The molecular weight excluding hydrogens is 200 g/mol. The summed E-state index contributed by atoms with van der Waals surface area (Å²) in [6.45, 7) is 0.715. The lowest BCUT2D eigenvalue weighted by atomic mass is 10.2. The second-order valence-corrected chi connectivity index (χ2v) is 5.90. The summed E-state index contributed by atoms with van der Waals surface area (Å²) < 4.78 is 22.3. The molecule has 0 bridgehead atoms. The highest BCUT2D eigenvalue weighted by atomic mass is 32.2. The lowest BCUT2D eigenvalue weighted by Gasteiger charge is -2.08. The fourth-order valence-corrected chi connectivity index (χ4v) is 3.40. The van der Waals surface area contributed by atoms with E-state index >= 15 is 0 Å². The summed E-state index contributed by atoms with van der Waals surface area (Å²) >= 11 is 0. The molecule has 1 atom stereocenters. The number of H-pyrrole nitrogens is 1. The summed E-state index contributed by atoms with van der Waals surface area (Å²) in [4.78, 5) is 3.07. The minimum atomic E-state index is -2.76. The van der Waals surface area contributed by atoms with E-state index in [-0.39, 0.29) is 11.8 Å². The van der Waals surface area contributed by atoms with E-state index in [0.29, 0.717) is 12.3 Å². The van der Waals surface area contributed by atoms with E-state index in [1.54, 1.807) is 0 Å². The van der Waals surface area contributed by atoms with Crippen molar-refractivity contribution in [3.63, 3.8) is 0 Å². The molecule has 0 spiro atoms. The maximum absolute atomic E-state index is 11.2. The summed E-state index contributed by atoms with van der Waals surface area (Å²) in [6, 6.07) is 4.04. The molecule has 0 saturated carbocycles. The number of rotatable bonds is 3. The van der Waals surface area contributed by atoms with Gasteiger partial charge >= 0.3 is 0 Å². The van der Waals surface area contributed by atoms with E-state index < -0.39 is 9.84 Å². The summed E-state index contributed by atoms with van der Waals surface area (Å²) in [5.41, 5.74) is 1.09. The van der Waals surface area contributed by atoms with Crippen LogP contribution in [0.25, 0.3) is 0 Å². The second kappa shape index (κ2) is 3.74. The van der Waals surface area contributed by atoms with Crippen LogP contribution in [0.15, 0.2) is 18.3 Å². The highest BCUT2D eigenvalue weighted by Gasteiger charge is 2.27. The van der Waals surface area contributed by atoms with Gasteiger partial charge in [-0.1, -0.05) is 0 Å². The first-order chi connectivity index (χ1) is 6.66. The largest absolute Gasteiger partial charge is 0.364 e. The molecule has 1 unspecified atom stereocenters. The van der Waals surface area contributed by atoms with Gasteiger partial charge in [0.2, 0.25) is 0 Å². The first-order valence-electron chi connectivity index (χ1n) is 4.72. The van der Waals surface area contributed by atoms with Gasteiger partial charge in [0.15, 0.2) is 9.84 Å². The van der Waals surface area contributed by atoms with Crippen LogP contribution in [0.2, 0.25) is 0 Å². The SMILES string of the molecule is O=S1(=O)CCC(NCc2ccc[nH]2)C1. The molecule has 1 aromatic rings. The maximum Gasteiger partial charge on any atom is 0.151 e. The number of nitrogens with one attached hydrogen (secondary N) is 2. The zero-order valence-corrected chi connectivity index (χ0v) is 8.68. The Labute approximate surface area is 83.6 Å². The number of aromatic amines is 1. The molecule has 1 aliphatic rings. The Morgan fingerprint density at radius 2 is 2.43 bits per heavy atom. The van der Waals surface area contributed by atoms with Crippen molar-refractivity contribution in [1.29, 1.82) is 0 Å². The Morgan fingerprint density at radius 3 is 3.00 bits per heavy atom. The molecule has 0 amide bonds. The Bertz CT molecular complexity index is 383. The lowest BCUT2D eigenvalue weighted by molar-refractivity contribution is 0.549. The topological polar surface area (TPSA) is 62.0 Å². The molecule has 2 heterocycles. The van der Waals surface area contributed by atoms with Crippen LogP contribution < -0.4 is 5.32 Å². The molecule has 0 aromatic carbocycles. The van der Waals surface area contributed by atoms with Crippen LogP contribution in [0.4, 0.5) is 0 Å². The fraction of sp³-hybridized carbons (Fsp3) is 0.556. The molecule has 5 heteroatoms. The highest BCUT2D eigenvalue weighted by Crippen LogP contribution is 2.11. The van der Waals surface area contributed by atoms with Crippen LogP contribution in [0.5, 0.6) is 0 Å². The molecule has 4 nitrogen and oxygen atoms in total. The summed E-state index contributed by atoms with van der Waals surface area (Å²) in [5, 5.41) is 3.23. The number of aromatic nitrogens is 1. The quantitative estimate of drug-likeness (QED) is 0.760. The van der Waals surface area contributed by atoms with Crippen molar-refractivity contribution in [2.24, 2.45) is 0 Å². The van der Waals surface area contributed by atoms with Crippen LogP contribution in [-0.4, -0.2) is 30.9 Å². The molecule has 78 valence electrons. The molecule has 0 radical (unpaired) electrons. The third-order valence-corrected chi connectivity index (χ3v) is 4.24. The van der Waals surface area contributed by atoms with E-state index in [4.69, 9.17) is 0 Å². The third kappa shape index (κ3) is 2.36. The monoisotopic (exact) mass is 214 g/mol. The average Bonchev–Trinajstić information content (AvgIpc) is 2.70. The Kier molecular flexibility index (Phi) is 2.60. The maximum atomic E-state index is 11.2. The van der Waals surface area contributed by atoms with Crippen molar-refractivity contribution >= 4 is 9.84 Å². The first-order valence-corrected chi connectivity index (χ1v) is 6.54. The molecular formula is C9H14N2O2S. The van der Waals surface area contributed by atoms with Gasteiger partial charge in [-0.25, -0.2) is 8.42 Å². The third-order valence-electron chi connectivity index (χ3n) is 2.48. The van der Waals surface area contributed by atoms with Crippen LogP contribution in [-0.2, 0) is 16.4 Å². The van der Waals surface area contributed by atoms with Gasteiger partial charge in [0, 0.05) is 24.5 Å². The van der Waals surface area contributed by atoms with E-state index in [9.17, 15) is 8.42 Å². The van der Waals surface area contributed by atoms with Crippen molar-refractivity contribution in [3.8, 4) is 0 Å². The van der Waals surface area contributed by atoms with E-state index in [0.717, 1.165) is 12.1 Å². The van der Waals surface area contributed by atoms with Crippen molar-refractivity contribution in [3.05, 3.63) is 24.0 Å². The number of sulfone groups is 1.